The van der Waals surface area contributed by atoms with E-state index in [0.29, 0.717) is 0 Å². The minimum atomic E-state index is -5.62. The summed E-state index contributed by atoms with van der Waals surface area (Å²) in [5.74, 6) is -2.17. The Hall–Kier alpha value is -5.07. The van der Waals surface area contributed by atoms with Gasteiger partial charge in [0.25, 0.3) is 0 Å². The predicted molar refractivity (Wildman–Crippen MR) is 99.3 cm³/mol. The van der Waals surface area contributed by atoms with Gasteiger partial charge in [-0.1, -0.05) is 0 Å². The molecule has 15 heteroatoms. The molecule has 0 N–H and O–H groups in total. The van der Waals surface area contributed by atoms with Crippen LogP contribution in [0.5, 0.6) is 0 Å². The van der Waals surface area contributed by atoms with Gasteiger partial charge in [0.2, 0.25) is 0 Å². The van der Waals surface area contributed by atoms with Crippen LogP contribution in [0.15, 0.2) is 18.2 Å². The molecule has 2 aromatic carbocycles. The summed E-state index contributed by atoms with van der Waals surface area (Å²) in [7, 11) is 0. The summed E-state index contributed by atoms with van der Waals surface area (Å²) in [6, 6.07) is 4.37. The lowest BCUT2D eigenvalue weighted by Crippen LogP contribution is -2.31. The fraction of sp³-hybridized carbons (Fsp3) is 0.136. The zero-order valence-electron chi connectivity index (χ0n) is 17.2. The van der Waals surface area contributed by atoms with Crippen LogP contribution in [0.3, 0.4) is 0 Å². The third kappa shape index (κ3) is 5.15. The fourth-order valence-corrected chi connectivity index (χ4v) is 3.20. The molecule has 0 bridgehead atoms. The van der Waals surface area contributed by atoms with Crippen LogP contribution < -0.4 is 10.4 Å². The minimum absolute atomic E-state index is 0.144. The Balaban J connectivity index is 3.40. The molecule has 5 nitrogen and oxygen atoms in total. The van der Waals surface area contributed by atoms with Crippen LogP contribution in [-0.2, 0) is 18.5 Å². The molecule has 37 heavy (non-hydrogen) atoms. The number of alkyl halides is 9. The molecule has 0 spiro atoms. The Bertz CT molecular complexity index is 1590. The maximum atomic E-state index is 15.0. The molecule has 0 aliphatic rings. The summed E-state index contributed by atoms with van der Waals surface area (Å²) in [6.07, 6.45) is -16.8. The van der Waals surface area contributed by atoms with Gasteiger partial charge in [0.05, 0.1) is 38.6 Å². The van der Waals surface area contributed by atoms with Crippen molar-refractivity contribution in [3.63, 3.8) is 0 Å². The highest BCUT2D eigenvalue weighted by Gasteiger charge is 2.42. The standard InChI is InChI=1S/C22H3F10N5/c23-19-13(7-36)11(3-17(22(30,31)32)18(19)10(4-33)5-34)12(6-35)9-1-15(20(24,25)26)14(8-37)16(2-9)21(27,28)29/h1-3H/b12-11-. The van der Waals surface area contributed by atoms with Gasteiger partial charge in [0.15, 0.2) is 5.82 Å². The van der Waals surface area contributed by atoms with Crippen molar-refractivity contribution in [2.24, 2.45) is 0 Å². The Morgan fingerprint density at radius 3 is 1.35 bits per heavy atom. The van der Waals surface area contributed by atoms with E-state index in [2.05, 4.69) is 0 Å². The highest BCUT2D eigenvalue weighted by atomic mass is 19.4. The number of benzene rings is 2. The minimum Gasteiger partial charge on any atom is -0.205 e. The third-order valence-electron chi connectivity index (χ3n) is 4.69. The van der Waals surface area contributed by atoms with Crippen LogP contribution in [-0.4, -0.2) is 0 Å². The predicted octanol–water partition coefficient (Wildman–Crippen LogP) is 4.55. The molecule has 0 radical (unpaired) electrons. The van der Waals surface area contributed by atoms with Crippen LogP contribution in [0.1, 0.15) is 33.4 Å². The van der Waals surface area contributed by atoms with E-state index in [1.807, 2.05) is 0 Å². The Morgan fingerprint density at radius 1 is 0.595 bits per heavy atom. The average Bonchev–Trinajstić information content (AvgIpc) is 2.78. The van der Waals surface area contributed by atoms with Gasteiger partial charge in [-0.15, -0.1) is 0 Å². The lowest BCUT2D eigenvalue weighted by atomic mass is 9.91. The molecule has 0 unspecified atom stereocenters. The van der Waals surface area contributed by atoms with Crippen molar-refractivity contribution < 1.29 is 43.9 Å². The molecule has 2 aromatic rings. The third-order valence-corrected chi connectivity index (χ3v) is 4.69. The normalized spacial score (nSPS) is 12.4. The molecule has 186 valence electrons. The topological polar surface area (TPSA) is 119 Å². The van der Waals surface area contributed by atoms with E-state index in [9.17, 15) is 50.0 Å². The SMILES string of the molecule is N#CC(C#N)=c1c(C(F)(F)F)c/c(=C(\C#N)c2cc(C(F)(F)F)c(C#N)c(C(F)(F)F)c2)c(C#N)c1F. The monoisotopic (exact) mass is 527 g/mol. The van der Waals surface area contributed by atoms with Gasteiger partial charge in [0.1, 0.15) is 35.9 Å². The lowest BCUT2D eigenvalue weighted by Gasteiger charge is -2.17. The van der Waals surface area contributed by atoms with Gasteiger partial charge in [-0.25, -0.2) is 4.39 Å². The number of rotatable bonds is 1. The molecule has 0 saturated heterocycles. The van der Waals surface area contributed by atoms with Gasteiger partial charge in [0, 0.05) is 5.22 Å². The first-order valence-electron chi connectivity index (χ1n) is 8.99. The van der Waals surface area contributed by atoms with Crippen molar-refractivity contribution in [3.05, 3.63) is 67.8 Å². The number of nitrogens with zero attached hydrogens (tertiary/aromatic N) is 5. The molecule has 0 amide bonds. The molecule has 2 rings (SSSR count). The molecular formula is C22H3F10N5. The first-order valence-corrected chi connectivity index (χ1v) is 8.99. The largest absolute Gasteiger partial charge is 0.417 e. The summed E-state index contributed by atoms with van der Waals surface area (Å²) in [5.41, 5.74) is -14.1. The first-order chi connectivity index (χ1) is 17.0. The van der Waals surface area contributed by atoms with Crippen molar-refractivity contribution in [1.29, 1.82) is 26.3 Å². The van der Waals surface area contributed by atoms with Crippen molar-refractivity contribution in [2.45, 2.75) is 18.5 Å². The molecule has 0 atom stereocenters. The van der Waals surface area contributed by atoms with E-state index in [1.54, 1.807) is 0 Å². The zero-order chi connectivity index (χ0) is 28.5. The number of hydrogen-bond donors (Lipinski definition) is 0. The molecule has 0 fully saturated rings. The Kier molecular flexibility index (Phi) is 7.25. The number of hydrogen-bond acceptors (Lipinski definition) is 5. The second-order valence-corrected chi connectivity index (χ2v) is 6.78. The summed E-state index contributed by atoms with van der Waals surface area (Å²) in [5, 5.41) is 42.4. The fourth-order valence-electron chi connectivity index (χ4n) is 3.20. The molecule has 0 heterocycles. The lowest BCUT2D eigenvalue weighted by molar-refractivity contribution is -0.143. The van der Waals surface area contributed by atoms with E-state index in [4.69, 9.17) is 15.8 Å². The molecule has 0 aromatic heterocycles. The van der Waals surface area contributed by atoms with Gasteiger partial charge in [-0.3, -0.25) is 0 Å². The Labute approximate surface area is 198 Å². The summed E-state index contributed by atoms with van der Waals surface area (Å²) < 4.78 is 137. The second kappa shape index (κ2) is 9.53. The van der Waals surface area contributed by atoms with Gasteiger partial charge in [-0.2, -0.15) is 65.8 Å². The average molecular weight is 527 g/mol. The summed E-state index contributed by atoms with van der Waals surface area (Å²) >= 11 is 0. The maximum Gasteiger partial charge on any atom is 0.417 e. The van der Waals surface area contributed by atoms with E-state index < -0.39 is 79.3 Å². The summed E-state index contributed by atoms with van der Waals surface area (Å²) in [6.45, 7) is 0. The van der Waals surface area contributed by atoms with Crippen LogP contribution in [0.25, 0.3) is 11.1 Å². The number of halogens is 10. The van der Waals surface area contributed by atoms with Crippen LogP contribution in [0, 0.1) is 62.5 Å². The zero-order valence-corrected chi connectivity index (χ0v) is 17.2. The highest BCUT2D eigenvalue weighted by molar-refractivity contribution is 5.80. The Morgan fingerprint density at radius 2 is 1.03 bits per heavy atom. The van der Waals surface area contributed by atoms with Gasteiger partial charge < -0.3 is 0 Å². The van der Waals surface area contributed by atoms with E-state index in [-0.39, 0.29) is 18.2 Å². The quantitative estimate of drug-likeness (QED) is 0.505. The molecule has 0 aliphatic heterocycles. The molecule has 0 aliphatic carbocycles. The summed E-state index contributed by atoms with van der Waals surface area (Å²) in [4.78, 5) is 0. The van der Waals surface area contributed by atoms with Crippen molar-refractivity contribution in [1.82, 2.24) is 0 Å². The van der Waals surface area contributed by atoms with Crippen molar-refractivity contribution >= 4 is 11.1 Å². The smallest absolute Gasteiger partial charge is 0.205 e. The first kappa shape index (κ1) is 28.2. The highest BCUT2D eigenvalue weighted by Crippen LogP contribution is 2.41. The van der Waals surface area contributed by atoms with Gasteiger partial charge >= 0.3 is 18.5 Å². The van der Waals surface area contributed by atoms with E-state index in [0.717, 1.165) is 30.3 Å². The van der Waals surface area contributed by atoms with E-state index in [1.165, 1.54) is 0 Å². The van der Waals surface area contributed by atoms with Gasteiger partial charge in [-0.05, 0) is 23.8 Å². The molecule has 0 saturated carbocycles. The maximum absolute atomic E-state index is 15.0. The molecular weight excluding hydrogens is 524 g/mol. The van der Waals surface area contributed by atoms with Crippen LogP contribution in [0.2, 0.25) is 0 Å². The van der Waals surface area contributed by atoms with Crippen molar-refractivity contribution in [3.8, 4) is 30.3 Å². The van der Waals surface area contributed by atoms with Crippen LogP contribution in [0.4, 0.5) is 43.9 Å². The van der Waals surface area contributed by atoms with Crippen molar-refractivity contribution in [2.75, 3.05) is 0 Å². The second-order valence-electron chi connectivity index (χ2n) is 6.78. The number of nitriles is 5. The van der Waals surface area contributed by atoms with Crippen LogP contribution >= 0.6 is 0 Å². The van der Waals surface area contributed by atoms with E-state index >= 15 is 4.39 Å².